The van der Waals surface area contributed by atoms with Crippen LogP contribution in [0.25, 0.3) is 10.9 Å². The Bertz CT molecular complexity index is 733. The van der Waals surface area contributed by atoms with Gasteiger partial charge in [0.1, 0.15) is 5.75 Å². The molecule has 0 saturated heterocycles. The lowest BCUT2D eigenvalue weighted by Crippen LogP contribution is -2.21. The van der Waals surface area contributed by atoms with E-state index in [4.69, 9.17) is 0 Å². The number of H-pyrrole nitrogens is 1. The molecule has 3 N–H and O–H groups in total. The molecule has 0 bridgehead atoms. The van der Waals surface area contributed by atoms with Crippen LogP contribution >= 0.6 is 0 Å². The van der Waals surface area contributed by atoms with Crippen molar-refractivity contribution in [3.63, 3.8) is 0 Å². The van der Waals surface area contributed by atoms with Crippen LogP contribution in [0.15, 0.2) is 54.7 Å². The monoisotopic (exact) mass is 280 g/mol. The van der Waals surface area contributed by atoms with Crippen LogP contribution in [0.4, 0.5) is 0 Å². The van der Waals surface area contributed by atoms with Crippen molar-refractivity contribution in [1.29, 1.82) is 0 Å². The Kier molecular flexibility index (Phi) is 3.93. The van der Waals surface area contributed by atoms with Crippen molar-refractivity contribution < 1.29 is 5.11 Å². The van der Waals surface area contributed by atoms with Crippen LogP contribution in [0.1, 0.15) is 24.1 Å². The Labute approximate surface area is 124 Å². The maximum Gasteiger partial charge on any atom is 0.115 e. The van der Waals surface area contributed by atoms with Gasteiger partial charge >= 0.3 is 0 Å². The Morgan fingerprint density at radius 1 is 1.14 bits per heavy atom. The molecule has 0 amide bonds. The molecule has 3 rings (SSSR count). The molecule has 1 aromatic heterocycles. The summed E-state index contributed by atoms with van der Waals surface area (Å²) in [4.78, 5) is 3.30. The summed E-state index contributed by atoms with van der Waals surface area (Å²) in [6, 6.07) is 16.0. The van der Waals surface area contributed by atoms with Crippen molar-refractivity contribution in [1.82, 2.24) is 10.3 Å². The minimum absolute atomic E-state index is 0.224. The highest BCUT2D eigenvalue weighted by Crippen LogP contribution is 2.19. The maximum absolute atomic E-state index is 9.52. The molecule has 0 spiro atoms. The number of aromatic hydroxyl groups is 1. The van der Waals surface area contributed by atoms with Crippen molar-refractivity contribution in [2.45, 2.75) is 19.4 Å². The highest BCUT2D eigenvalue weighted by atomic mass is 16.3. The Hall–Kier alpha value is -2.26. The fourth-order valence-electron chi connectivity index (χ4n) is 2.67. The molecule has 1 unspecified atom stereocenters. The van der Waals surface area contributed by atoms with Gasteiger partial charge in [-0.1, -0.05) is 30.3 Å². The topological polar surface area (TPSA) is 48.0 Å². The lowest BCUT2D eigenvalue weighted by atomic mass is 10.1. The summed E-state index contributed by atoms with van der Waals surface area (Å²) in [7, 11) is 0. The van der Waals surface area contributed by atoms with Crippen molar-refractivity contribution in [2.24, 2.45) is 0 Å². The molecule has 0 aliphatic carbocycles. The molecule has 1 atom stereocenters. The zero-order chi connectivity index (χ0) is 14.7. The van der Waals surface area contributed by atoms with E-state index in [2.05, 4.69) is 41.6 Å². The van der Waals surface area contributed by atoms with Crippen LogP contribution in [-0.4, -0.2) is 16.6 Å². The third-order valence-corrected chi connectivity index (χ3v) is 3.89. The number of phenolic OH excluding ortho intramolecular Hbond substituents is 1. The van der Waals surface area contributed by atoms with Gasteiger partial charge in [-0.2, -0.15) is 0 Å². The molecule has 0 aliphatic rings. The molecule has 108 valence electrons. The lowest BCUT2D eigenvalue weighted by Gasteiger charge is -2.14. The van der Waals surface area contributed by atoms with E-state index in [1.54, 1.807) is 6.07 Å². The quantitative estimate of drug-likeness (QED) is 0.666. The van der Waals surface area contributed by atoms with E-state index in [0.29, 0.717) is 5.75 Å². The first-order valence-electron chi connectivity index (χ1n) is 7.31. The summed E-state index contributed by atoms with van der Waals surface area (Å²) in [6.07, 6.45) is 3.07. The van der Waals surface area contributed by atoms with Gasteiger partial charge < -0.3 is 15.4 Å². The van der Waals surface area contributed by atoms with Gasteiger partial charge in [0.15, 0.2) is 0 Å². The summed E-state index contributed by atoms with van der Waals surface area (Å²) in [5.74, 6) is 0.317. The van der Waals surface area contributed by atoms with E-state index in [-0.39, 0.29) is 6.04 Å². The molecule has 21 heavy (non-hydrogen) atoms. The predicted octanol–water partition coefficient (Wildman–Crippen LogP) is 3.77. The van der Waals surface area contributed by atoms with E-state index in [1.165, 1.54) is 16.5 Å². The number of aromatic amines is 1. The van der Waals surface area contributed by atoms with Crippen LogP contribution in [0.3, 0.4) is 0 Å². The number of hydrogen-bond acceptors (Lipinski definition) is 2. The molecule has 3 heteroatoms. The van der Waals surface area contributed by atoms with Crippen molar-refractivity contribution in [3.05, 3.63) is 65.9 Å². The first kappa shape index (κ1) is 13.7. The summed E-state index contributed by atoms with van der Waals surface area (Å²) in [5, 5.41) is 14.3. The Morgan fingerprint density at radius 2 is 2.00 bits per heavy atom. The number of para-hydroxylation sites is 1. The van der Waals surface area contributed by atoms with E-state index < -0.39 is 0 Å². The number of nitrogens with one attached hydrogen (secondary N) is 2. The summed E-state index contributed by atoms with van der Waals surface area (Å²) < 4.78 is 0. The summed E-state index contributed by atoms with van der Waals surface area (Å²) >= 11 is 0. The Balaban J connectivity index is 1.61. The summed E-state index contributed by atoms with van der Waals surface area (Å²) in [6.45, 7) is 3.02. The molecule has 3 aromatic rings. The first-order chi connectivity index (χ1) is 10.2. The fourth-order valence-corrected chi connectivity index (χ4v) is 2.67. The molecule has 2 aromatic carbocycles. The second-order valence-corrected chi connectivity index (χ2v) is 5.38. The number of hydrogen-bond donors (Lipinski definition) is 3. The number of fused-ring (bicyclic) bond motifs is 1. The molecule has 0 fully saturated rings. The van der Waals surface area contributed by atoms with E-state index in [0.717, 1.165) is 18.5 Å². The minimum Gasteiger partial charge on any atom is -0.508 e. The average molecular weight is 280 g/mol. The summed E-state index contributed by atoms with van der Waals surface area (Å²) in [5.41, 5.74) is 3.63. The number of aromatic nitrogens is 1. The molecular weight excluding hydrogens is 260 g/mol. The van der Waals surface area contributed by atoms with Crippen molar-refractivity contribution in [3.8, 4) is 5.75 Å². The predicted molar refractivity (Wildman–Crippen MR) is 86.5 cm³/mol. The second kappa shape index (κ2) is 6.02. The van der Waals surface area contributed by atoms with Crippen LogP contribution in [0.5, 0.6) is 5.75 Å². The molecule has 0 radical (unpaired) electrons. The lowest BCUT2D eigenvalue weighted by molar-refractivity contribution is 0.472. The van der Waals surface area contributed by atoms with Gasteiger partial charge in [-0.05, 0) is 49.2 Å². The van der Waals surface area contributed by atoms with Gasteiger partial charge in [0.2, 0.25) is 0 Å². The van der Waals surface area contributed by atoms with Gasteiger partial charge in [-0.3, -0.25) is 0 Å². The van der Waals surface area contributed by atoms with Crippen LogP contribution in [0, 0.1) is 0 Å². The van der Waals surface area contributed by atoms with Gasteiger partial charge in [0.05, 0.1) is 0 Å². The average Bonchev–Trinajstić information content (AvgIpc) is 2.91. The molecular formula is C18H20N2O. The van der Waals surface area contributed by atoms with Gasteiger partial charge in [-0.15, -0.1) is 0 Å². The first-order valence-corrected chi connectivity index (χ1v) is 7.31. The van der Waals surface area contributed by atoms with E-state index in [1.807, 2.05) is 24.3 Å². The van der Waals surface area contributed by atoms with E-state index in [9.17, 15) is 5.11 Å². The smallest absolute Gasteiger partial charge is 0.115 e. The highest BCUT2D eigenvalue weighted by Gasteiger charge is 2.06. The zero-order valence-electron chi connectivity index (χ0n) is 12.1. The maximum atomic E-state index is 9.52. The third-order valence-electron chi connectivity index (χ3n) is 3.89. The standard InChI is InChI=1S/C18H20N2O/c1-13(14-5-4-6-16(21)11-14)19-10-9-15-12-20-18-8-3-2-7-17(15)18/h2-8,11-13,19-21H,9-10H2,1H3. The van der Waals surface area contributed by atoms with E-state index >= 15 is 0 Å². The van der Waals surface area contributed by atoms with Gasteiger partial charge in [0.25, 0.3) is 0 Å². The van der Waals surface area contributed by atoms with Crippen molar-refractivity contribution >= 4 is 10.9 Å². The second-order valence-electron chi connectivity index (χ2n) is 5.38. The van der Waals surface area contributed by atoms with Crippen LogP contribution in [-0.2, 0) is 6.42 Å². The fraction of sp³-hybridized carbons (Fsp3) is 0.222. The SMILES string of the molecule is CC(NCCc1c[nH]c2ccccc12)c1cccc(O)c1. The van der Waals surface area contributed by atoms with Crippen LogP contribution < -0.4 is 5.32 Å². The van der Waals surface area contributed by atoms with Gasteiger partial charge in [0, 0.05) is 23.1 Å². The molecule has 0 saturated carbocycles. The number of rotatable bonds is 5. The molecule has 0 aliphatic heterocycles. The minimum atomic E-state index is 0.224. The largest absolute Gasteiger partial charge is 0.508 e. The highest BCUT2D eigenvalue weighted by molar-refractivity contribution is 5.83. The zero-order valence-corrected chi connectivity index (χ0v) is 12.1. The molecule has 1 heterocycles. The third kappa shape index (κ3) is 3.09. The van der Waals surface area contributed by atoms with Gasteiger partial charge in [-0.25, -0.2) is 0 Å². The van der Waals surface area contributed by atoms with Crippen LogP contribution in [0.2, 0.25) is 0 Å². The Morgan fingerprint density at radius 3 is 2.86 bits per heavy atom. The van der Waals surface area contributed by atoms with Crippen molar-refractivity contribution in [2.75, 3.05) is 6.54 Å². The number of benzene rings is 2. The number of phenols is 1. The molecule has 3 nitrogen and oxygen atoms in total. The normalized spacial score (nSPS) is 12.6.